The normalized spacial score (nSPS) is 12.5. The topological polar surface area (TPSA) is 146 Å². The molecule has 0 spiro atoms. The van der Waals surface area contributed by atoms with Gasteiger partial charge < -0.3 is 35.4 Å². The van der Waals surface area contributed by atoms with Crippen molar-refractivity contribution in [1.29, 1.82) is 0 Å². The van der Waals surface area contributed by atoms with Crippen LogP contribution in [-0.2, 0) is 14.4 Å². The Labute approximate surface area is 72.8 Å². The molecule has 0 aliphatic rings. The van der Waals surface area contributed by atoms with Gasteiger partial charge in [-0.1, -0.05) is 0 Å². The van der Waals surface area contributed by atoms with E-state index in [1.54, 1.807) is 0 Å². The maximum absolute atomic E-state index is 10.1. The van der Waals surface area contributed by atoms with E-state index < -0.39 is 36.3 Å². The fourth-order valence-corrected chi connectivity index (χ4v) is 0.639. The first kappa shape index (κ1) is 11.4. The average Bonchev–Trinajstić information content (AvgIpc) is 1.97. The van der Waals surface area contributed by atoms with E-state index in [4.69, 9.17) is 5.73 Å². The summed E-state index contributed by atoms with van der Waals surface area (Å²) in [5.41, 5.74) is 4.85. The van der Waals surface area contributed by atoms with E-state index in [1.807, 2.05) is 0 Å². The Kier molecular flexibility index (Phi) is 3.86. The van der Waals surface area contributed by atoms with Crippen LogP contribution in [0, 0.1) is 5.92 Å². The van der Waals surface area contributed by atoms with E-state index in [0.717, 1.165) is 0 Å². The van der Waals surface area contributed by atoms with Crippen LogP contribution in [-0.4, -0.2) is 23.9 Å². The number of hydrogen-bond acceptors (Lipinski definition) is 7. The van der Waals surface area contributed by atoms with Gasteiger partial charge >= 0.3 is 0 Å². The molecular weight excluding hydrogens is 182 g/mol. The Balaban J connectivity index is 4.35. The molecule has 0 aromatic heterocycles. The van der Waals surface area contributed by atoms with Gasteiger partial charge in [-0.2, -0.15) is 0 Å². The molecule has 0 saturated carbocycles. The fourth-order valence-electron chi connectivity index (χ4n) is 0.639. The van der Waals surface area contributed by atoms with Crippen molar-refractivity contribution in [3.8, 4) is 0 Å². The van der Waals surface area contributed by atoms with Crippen molar-refractivity contribution in [2.24, 2.45) is 11.7 Å². The molecule has 0 aromatic carbocycles. The minimum atomic E-state index is -2.03. The molecule has 0 fully saturated rings. The summed E-state index contributed by atoms with van der Waals surface area (Å²) in [7, 11) is 0. The summed E-state index contributed by atoms with van der Waals surface area (Å²) < 4.78 is 0. The molecule has 0 saturated heterocycles. The van der Waals surface area contributed by atoms with Crippen molar-refractivity contribution in [2.75, 3.05) is 0 Å². The number of carbonyl (C=O) groups excluding carboxylic acids is 3. The SMILES string of the molecule is N[C@@H](CC(C(=O)[O-])C(=O)[O-])C(=O)[O-]. The molecule has 0 aromatic rings. The summed E-state index contributed by atoms with van der Waals surface area (Å²) in [5.74, 6) is -7.63. The molecule has 0 radical (unpaired) electrons. The smallest absolute Gasteiger partial charge is 0.0582 e. The molecule has 7 nitrogen and oxygen atoms in total. The van der Waals surface area contributed by atoms with Crippen LogP contribution in [0.5, 0.6) is 0 Å². The molecule has 0 rings (SSSR count). The van der Waals surface area contributed by atoms with E-state index in [9.17, 15) is 29.7 Å². The lowest BCUT2D eigenvalue weighted by Gasteiger charge is -2.22. The predicted octanol–water partition coefficient (Wildman–Crippen LogP) is -5.43. The summed E-state index contributed by atoms with van der Waals surface area (Å²) in [4.78, 5) is 30.2. The van der Waals surface area contributed by atoms with Crippen molar-refractivity contribution in [3.63, 3.8) is 0 Å². The van der Waals surface area contributed by atoms with Gasteiger partial charge in [0.2, 0.25) is 0 Å². The second-order valence-corrected chi connectivity index (χ2v) is 2.35. The highest BCUT2D eigenvalue weighted by molar-refractivity contribution is 5.91. The fraction of sp³-hybridized carbons (Fsp3) is 0.500. The monoisotopic (exact) mass is 188 g/mol. The standard InChI is InChI=1S/C6H9NO6/c7-3(6(12)13)1-2(4(8)9)5(10)11/h2-3H,1,7H2,(H,8,9)(H,10,11)(H,12,13)/p-3/t3-/m0/s1. The van der Waals surface area contributed by atoms with Gasteiger partial charge in [0.1, 0.15) is 0 Å². The third kappa shape index (κ3) is 3.52. The molecule has 13 heavy (non-hydrogen) atoms. The lowest BCUT2D eigenvalue weighted by Crippen LogP contribution is -2.50. The van der Waals surface area contributed by atoms with E-state index in [0.29, 0.717) is 0 Å². The van der Waals surface area contributed by atoms with Crippen molar-refractivity contribution in [1.82, 2.24) is 0 Å². The van der Waals surface area contributed by atoms with Crippen LogP contribution in [0.3, 0.4) is 0 Å². The maximum Gasteiger partial charge on any atom is 0.0582 e. The Hall–Kier alpha value is -1.63. The number of carbonyl (C=O) groups is 3. The minimum Gasteiger partial charge on any atom is -0.549 e. The van der Waals surface area contributed by atoms with Crippen molar-refractivity contribution < 1.29 is 29.7 Å². The van der Waals surface area contributed by atoms with Gasteiger partial charge in [0, 0.05) is 12.0 Å². The van der Waals surface area contributed by atoms with Gasteiger partial charge in [-0.15, -0.1) is 0 Å². The van der Waals surface area contributed by atoms with Crippen LogP contribution >= 0.6 is 0 Å². The van der Waals surface area contributed by atoms with Crippen molar-refractivity contribution in [3.05, 3.63) is 0 Å². The maximum atomic E-state index is 10.1. The summed E-state index contributed by atoms with van der Waals surface area (Å²) in [5, 5.41) is 30.2. The Morgan fingerprint density at radius 2 is 1.38 bits per heavy atom. The number of rotatable bonds is 5. The Morgan fingerprint density at radius 3 is 1.62 bits per heavy atom. The largest absolute Gasteiger partial charge is 0.549 e. The zero-order chi connectivity index (χ0) is 10.6. The quantitative estimate of drug-likeness (QED) is 0.423. The molecule has 0 aliphatic heterocycles. The molecule has 0 bridgehead atoms. The van der Waals surface area contributed by atoms with Crippen molar-refractivity contribution >= 4 is 17.9 Å². The second-order valence-electron chi connectivity index (χ2n) is 2.35. The number of carboxylic acids is 3. The van der Waals surface area contributed by atoms with Gasteiger partial charge in [0.25, 0.3) is 0 Å². The average molecular weight is 188 g/mol. The van der Waals surface area contributed by atoms with Gasteiger partial charge in [0.15, 0.2) is 0 Å². The summed E-state index contributed by atoms with van der Waals surface area (Å²) >= 11 is 0. The van der Waals surface area contributed by atoms with Crippen LogP contribution < -0.4 is 21.1 Å². The van der Waals surface area contributed by atoms with E-state index in [-0.39, 0.29) is 0 Å². The zero-order valence-corrected chi connectivity index (χ0v) is 6.39. The summed E-state index contributed by atoms with van der Waals surface area (Å²) in [6, 6.07) is -1.67. The van der Waals surface area contributed by atoms with Crippen LogP contribution in [0.4, 0.5) is 0 Å². The van der Waals surface area contributed by atoms with E-state index in [1.165, 1.54) is 0 Å². The van der Waals surface area contributed by atoms with Gasteiger partial charge in [-0.25, -0.2) is 0 Å². The van der Waals surface area contributed by atoms with E-state index in [2.05, 4.69) is 0 Å². The lowest BCUT2D eigenvalue weighted by atomic mass is 10.0. The molecular formula is C6H6NO6-3. The summed E-state index contributed by atoms with van der Waals surface area (Å²) in [6.07, 6.45) is -0.812. The third-order valence-electron chi connectivity index (χ3n) is 1.36. The molecule has 7 heteroatoms. The highest BCUT2D eigenvalue weighted by Gasteiger charge is 2.16. The molecule has 1 atom stereocenters. The van der Waals surface area contributed by atoms with Crippen molar-refractivity contribution in [2.45, 2.75) is 12.5 Å². The van der Waals surface area contributed by atoms with Gasteiger partial charge in [-0.05, 0) is 6.42 Å². The van der Waals surface area contributed by atoms with E-state index >= 15 is 0 Å². The zero-order valence-electron chi connectivity index (χ0n) is 6.39. The summed E-state index contributed by atoms with van der Waals surface area (Å²) in [6.45, 7) is 0. The molecule has 2 N–H and O–H groups in total. The van der Waals surface area contributed by atoms with Gasteiger partial charge in [-0.3, -0.25) is 0 Å². The highest BCUT2D eigenvalue weighted by atomic mass is 16.4. The molecule has 0 aliphatic carbocycles. The molecule has 74 valence electrons. The minimum absolute atomic E-state index is 0.812. The number of carboxylic acid groups (broad SMARTS) is 3. The molecule has 0 unspecified atom stereocenters. The van der Waals surface area contributed by atoms with Crippen LogP contribution in [0.15, 0.2) is 0 Å². The Morgan fingerprint density at radius 1 is 1.00 bits per heavy atom. The number of hydrogen-bond donors (Lipinski definition) is 1. The predicted molar refractivity (Wildman–Crippen MR) is 31.1 cm³/mol. The number of nitrogens with two attached hydrogens (primary N) is 1. The second kappa shape index (κ2) is 4.41. The van der Waals surface area contributed by atoms with Gasteiger partial charge in [0.05, 0.1) is 17.9 Å². The van der Waals surface area contributed by atoms with Crippen LogP contribution in [0.1, 0.15) is 6.42 Å². The lowest BCUT2D eigenvalue weighted by molar-refractivity contribution is -0.332. The first-order chi connectivity index (χ1) is 5.86. The highest BCUT2D eigenvalue weighted by Crippen LogP contribution is 2.03. The Bertz CT molecular complexity index is 223. The van der Waals surface area contributed by atoms with Crippen LogP contribution in [0.25, 0.3) is 0 Å². The molecule has 0 heterocycles. The third-order valence-corrected chi connectivity index (χ3v) is 1.36. The molecule has 0 amide bonds. The first-order valence-electron chi connectivity index (χ1n) is 3.24. The number of aliphatic carboxylic acids is 3. The first-order valence-corrected chi connectivity index (χ1v) is 3.24. The van der Waals surface area contributed by atoms with Crippen LogP contribution in [0.2, 0.25) is 0 Å².